The summed E-state index contributed by atoms with van der Waals surface area (Å²) in [5.41, 5.74) is 2.19. The summed E-state index contributed by atoms with van der Waals surface area (Å²) in [5, 5.41) is 13.7. The summed E-state index contributed by atoms with van der Waals surface area (Å²) in [4.78, 5) is 35.9. The molecule has 0 atom stereocenters. The molecule has 1 aliphatic heterocycles. The van der Waals surface area contributed by atoms with E-state index >= 15 is 0 Å². The first kappa shape index (κ1) is 17.8. The van der Waals surface area contributed by atoms with Gasteiger partial charge in [0.05, 0.1) is 0 Å². The average Bonchev–Trinajstić information content (AvgIpc) is 2.99. The maximum atomic E-state index is 12.3. The smallest absolute Gasteiger partial charge is 0.314 e. The number of para-hydroxylation sites is 1. The van der Waals surface area contributed by atoms with Gasteiger partial charge in [-0.3, -0.25) is 9.59 Å². The van der Waals surface area contributed by atoms with Crippen molar-refractivity contribution in [1.29, 1.82) is 0 Å². The second kappa shape index (κ2) is 8.90. The quantitative estimate of drug-likeness (QED) is 0.628. The minimum atomic E-state index is -0.876. The number of anilines is 1. The molecule has 0 fully saturated rings. The van der Waals surface area contributed by atoms with E-state index in [4.69, 9.17) is 5.11 Å². The second-order valence-electron chi connectivity index (χ2n) is 5.71. The van der Waals surface area contributed by atoms with Crippen LogP contribution in [0.15, 0.2) is 24.3 Å². The van der Waals surface area contributed by atoms with E-state index in [9.17, 15) is 14.4 Å². The number of rotatable bonds is 8. The van der Waals surface area contributed by atoms with E-state index < -0.39 is 5.97 Å². The zero-order valence-electron chi connectivity index (χ0n) is 13.6. The van der Waals surface area contributed by atoms with Gasteiger partial charge >= 0.3 is 12.0 Å². The van der Waals surface area contributed by atoms with Gasteiger partial charge in [-0.25, -0.2) is 4.79 Å². The van der Waals surface area contributed by atoms with E-state index in [0.717, 1.165) is 18.7 Å². The molecule has 1 aromatic carbocycles. The van der Waals surface area contributed by atoms with Gasteiger partial charge in [-0.2, -0.15) is 0 Å². The zero-order chi connectivity index (χ0) is 17.4. The second-order valence-corrected chi connectivity index (χ2v) is 5.71. The molecular formula is C17H23N3O4. The van der Waals surface area contributed by atoms with E-state index in [2.05, 4.69) is 10.6 Å². The van der Waals surface area contributed by atoms with Gasteiger partial charge in [-0.05, 0) is 30.9 Å². The number of urea groups is 1. The summed E-state index contributed by atoms with van der Waals surface area (Å²) < 4.78 is 0. The Hall–Kier alpha value is -2.57. The fraction of sp³-hybridized carbons (Fsp3) is 0.471. The molecule has 24 heavy (non-hydrogen) atoms. The number of nitrogens with one attached hydrogen (secondary N) is 2. The lowest BCUT2D eigenvalue weighted by molar-refractivity contribution is -0.137. The van der Waals surface area contributed by atoms with Crippen molar-refractivity contribution in [3.05, 3.63) is 29.8 Å². The summed E-state index contributed by atoms with van der Waals surface area (Å²) in [6.07, 6.45) is 2.27. The highest BCUT2D eigenvalue weighted by Crippen LogP contribution is 2.27. The first-order chi connectivity index (χ1) is 11.6. The average molecular weight is 333 g/mol. The molecule has 1 heterocycles. The van der Waals surface area contributed by atoms with E-state index in [0.29, 0.717) is 32.4 Å². The molecule has 7 heteroatoms. The van der Waals surface area contributed by atoms with Crippen molar-refractivity contribution >= 4 is 23.6 Å². The van der Waals surface area contributed by atoms with Crippen molar-refractivity contribution in [3.8, 4) is 0 Å². The summed E-state index contributed by atoms with van der Waals surface area (Å²) in [7, 11) is 0. The third kappa shape index (κ3) is 5.26. The van der Waals surface area contributed by atoms with Crippen LogP contribution in [-0.2, 0) is 16.0 Å². The minimum absolute atomic E-state index is 0.0338. The van der Waals surface area contributed by atoms with Crippen molar-refractivity contribution in [1.82, 2.24) is 10.6 Å². The lowest BCUT2D eigenvalue weighted by atomic mass is 10.2. The normalized spacial score (nSPS) is 12.6. The molecule has 130 valence electrons. The van der Waals surface area contributed by atoms with Crippen LogP contribution in [0.3, 0.4) is 0 Å². The van der Waals surface area contributed by atoms with E-state index in [1.54, 1.807) is 4.90 Å². The molecule has 7 nitrogen and oxygen atoms in total. The predicted molar refractivity (Wildman–Crippen MR) is 90.0 cm³/mol. The molecule has 3 amide bonds. The number of aliphatic carboxylic acids is 1. The van der Waals surface area contributed by atoms with Crippen LogP contribution in [0.4, 0.5) is 10.5 Å². The Morgan fingerprint density at radius 2 is 1.71 bits per heavy atom. The lowest BCUT2D eigenvalue weighted by Gasteiger charge is -2.17. The van der Waals surface area contributed by atoms with Gasteiger partial charge in [0.15, 0.2) is 0 Å². The Balaban J connectivity index is 1.60. The molecule has 1 aliphatic rings. The minimum Gasteiger partial charge on any atom is -0.481 e. The van der Waals surface area contributed by atoms with Crippen molar-refractivity contribution < 1.29 is 19.5 Å². The molecule has 0 unspecified atom stereocenters. The Labute approximate surface area is 141 Å². The van der Waals surface area contributed by atoms with Crippen LogP contribution in [0.5, 0.6) is 0 Å². The number of fused-ring (bicyclic) bond motifs is 1. The van der Waals surface area contributed by atoms with E-state index in [1.165, 1.54) is 5.56 Å². The summed E-state index contributed by atoms with van der Waals surface area (Å²) in [6, 6.07) is 7.58. The number of carboxylic acids is 1. The van der Waals surface area contributed by atoms with Crippen LogP contribution in [0.1, 0.15) is 31.2 Å². The molecule has 0 aromatic heterocycles. The van der Waals surface area contributed by atoms with Crippen LogP contribution < -0.4 is 15.5 Å². The molecule has 2 rings (SSSR count). The topological polar surface area (TPSA) is 98.7 Å². The maximum absolute atomic E-state index is 12.3. The third-order valence-electron chi connectivity index (χ3n) is 3.89. The number of carbonyl (C=O) groups excluding carboxylic acids is 2. The highest BCUT2D eigenvalue weighted by molar-refractivity contribution is 5.95. The highest BCUT2D eigenvalue weighted by atomic mass is 16.4. The Morgan fingerprint density at radius 1 is 1.04 bits per heavy atom. The molecule has 3 N–H and O–H groups in total. The number of carboxylic acid groups (broad SMARTS) is 1. The SMILES string of the molecule is O=C(O)CCCNC(=O)NCCCC(=O)N1CCc2ccccc21. The first-order valence-corrected chi connectivity index (χ1v) is 8.19. The fourth-order valence-electron chi connectivity index (χ4n) is 2.68. The molecular weight excluding hydrogens is 310 g/mol. The Morgan fingerprint density at radius 3 is 2.42 bits per heavy atom. The van der Waals surface area contributed by atoms with E-state index in [1.807, 2.05) is 24.3 Å². The Bertz CT molecular complexity index is 603. The molecule has 0 saturated carbocycles. The van der Waals surface area contributed by atoms with Gasteiger partial charge in [-0.15, -0.1) is 0 Å². The van der Waals surface area contributed by atoms with Gasteiger partial charge in [0, 0.05) is 38.2 Å². The first-order valence-electron chi connectivity index (χ1n) is 8.19. The number of carbonyl (C=O) groups is 3. The van der Waals surface area contributed by atoms with Crippen molar-refractivity contribution in [2.24, 2.45) is 0 Å². The fourth-order valence-corrected chi connectivity index (χ4v) is 2.68. The van der Waals surface area contributed by atoms with Crippen molar-refractivity contribution in [2.45, 2.75) is 32.1 Å². The number of hydrogen-bond donors (Lipinski definition) is 3. The van der Waals surface area contributed by atoms with Gasteiger partial charge in [0.2, 0.25) is 5.91 Å². The zero-order valence-corrected chi connectivity index (χ0v) is 13.6. The summed E-state index contributed by atoms with van der Waals surface area (Å²) in [6.45, 7) is 1.45. The van der Waals surface area contributed by atoms with Crippen molar-refractivity contribution in [2.75, 3.05) is 24.5 Å². The van der Waals surface area contributed by atoms with Crippen molar-refractivity contribution in [3.63, 3.8) is 0 Å². The van der Waals surface area contributed by atoms with Gasteiger partial charge < -0.3 is 20.6 Å². The maximum Gasteiger partial charge on any atom is 0.314 e. The summed E-state index contributed by atoms with van der Waals surface area (Å²) in [5.74, 6) is -0.803. The number of amides is 3. The number of nitrogens with zero attached hydrogens (tertiary/aromatic N) is 1. The van der Waals surface area contributed by atoms with E-state index in [-0.39, 0.29) is 18.4 Å². The number of hydrogen-bond acceptors (Lipinski definition) is 3. The van der Waals surface area contributed by atoms with Gasteiger partial charge in [0.1, 0.15) is 0 Å². The van der Waals surface area contributed by atoms with Crippen LogP contribution in [0.25, 0.3) is 0 Å². The molecule has 1 aromatic rings. The summed E-state index contributed by atoms with van der Waals surface area (Å²) >= 11 is 0. The largest absolute Gasteiger partial charge is 0.481 e. The lowest BCUT2D eigenvalue weighted by Crippen LogP contribution is -2.37. The van der Waals surface area contributed by atoms with Crippen LogP contribution in [0, 0.1) is 0 Å². The Kier molecular flexibility index (Phi) is 6.60. The number of benzene rings is 1. The molecule has 0 spiro atoms. The van der Waals surface area contributed by atoms with Crippen LogP contribution in [-0.4, -0.2) is 42.6 Å². The predicted octanol–water partition coefficient (Wildman–Crippen LogP) is 1.52. The third-order valence-corrected chi connectivity index (χ3v) is 3.89. The monoisotopic (exact) mass is 333 g/mol. The van der Waals surface area contributed by atoms with Crippen LogP contribution >= 0.6 is 0 Å². The molecule has 0 aliphatic carbocycles. The standard InChI is InChI=1S/C17H23N3O4/c21-15(20-12-9-13-5-1-2-6-14(13)20)7-3-10-18-17(24)19-11-4-8-16(22)23/h1-2,5-6H,3-4,7-12H2,(H,22,23)(H2,18,19,24). The van der Waals surface area contributed by atoms with Crippen LogP contribution in [0.2, 0.25) is 0 Å². The highest BCUT2D eigenvalue weighted by Gasteiger charge is 2.23. The molecule has 0 radical (unpaired) electrons. The molecule has 0 saturated heterocycles. The molecule has 0 bridgehead atoms. The van der Waals surface area contributed by atoms with Gasteiger partial charge in [0.25, 0.3) is 0 Å². The van der Waals surface area contributed by atoms with Gasteiger partial charge in [-0.1, -0.05) is 18.2 Å².